The molecule has 4 heteroatoms. The molecule has 1 N–H and O–H groups in total. The first-order valence-corrected chi connectivity index (χ1v) is 7.50. The molecular formula is C20H15N3O. The summed E-state index contributed by atoms with van der Waals surface area (Å²) in [7, 11) is 0. The normalized spacial score (nSPS) is 10.0. The summed E-state index contributed by atoms with van der Waals surface area (Å²) in [6.45, 7) is 1.95. The first-order chi connectivity index (χ1) is 11.7. The van der Waals surface area contributed by atoms with E-state index in [9.17, 15) is 4.79 Å². The van der Waals surface area contributed by atoms with Gasteiger partial charge >= 0.3 is 0 Å². The maximum atomic E-state index is 12.3. The Morgan fingerprint density at radius 2 is 1.83 bits per heavy atom. The molecule has 1 amide bonds. The van der Waals surface area contributed by atoms with Crippen molar-refractivity contribution >= 4 is 11.6 Å². The highest BCUT2D eigenvalue weighted by atomic mass is 16.1. The average Bonchev–Trinajstić information content (AvgIpc) is 2.62. The summed E-state index contributed by atoms with van der Waals surface area (Å²) in [6, 6.07) is 20.2. The van der Waals surface area contributed by atoms with E-state index in [4.69, 9.17) is 5.26 Å². The van der Waals surface area contributed by atoms with Gasteiger partial charge in [-0.2, -0.15) is 5.26 Å². The minimum Gasteiger partial charge on any atom is -0.322 e. The van der Waals surface area contributed by atoms with Crippen LogP contribution in [0.15, 0.2) is 66.9 Å². The molecule has 0 saturated heterocycles. The number of nitrogens with one attached hydrogen (secondary N) is 1. The highest BCUT2D eigenvalue weighted by Crippen LogP contribution is 2.22. The number of carbonyl (C=O) groups is 1. The van der Waals surface area contributed by atoms with Crippen molar-refractivity contribution in [3.05, 3.63) is 83.7 Å². The Kier molecular flexibility index (Phi) is 4.35. The molecule has 3 aromatic rings. The molecule has 0 atom stereocenters. The molecule has 1 heterocycles. The molecule has 3 rings (SSSR count). The number of hydrogen-bond donors (Lipinski definition) is 1. The molecule has 0 aliphatic rings. The average molecular weight is 313 g/mol. The van der Waals surface area contributed by atoms with Gasteiger partial charge in [0, 0.05) is 23.1 Å². The van der Waals surface area contributed by atoms with E-state index < -0.39 is 0 Å². The zero-order valence-corrected chi connectivity index (χ0v) is 13.2. The summed E-state index contributed by atoms with van der Waals surface area (Å²) in [4.78, 5) is 16.4. The van der Waals surface area contributed by atoms with Crippen molar-refractivity contribution in [1.29, 1.82) is 5.26 Å². The first kappa shape index (κ1) is 15.4. The Morgan fingerprint density at radius 3 is 2.54 bits per heavy atom. The molecule has 0 spiro atoms. The lowest BCUT2D eigenvalue weighted by atomic mass is 10.1. The Bertz CT molecular complexity index is 924. The summed E-state index contributed by atoms with van der Waals surface area (Å²) in [5.41, 5.74) is 4.74. The standard InChI is InChI=1S/C20H15N3O/c1-14-11-17(9-10-22-14)16-5-7-19(8-6-16)23-20(24)18-4-2-3-15(12-18)13-21/h2-12H,1H3,(H,23,24). The number of amides is 1. The van der Waals surface area contributed by atoms with Gasteiger partial charge in [-0.15, -0.1) is 0 Å². The molecule has 0 aliphatic carbocycles. The Balaban J connectivity index is 1.76. The Hall–Kier alpha value is -3.45. The minimum atomic E-state index is -0.236. The van der Waals surface area contributed by atoms with Gasteiger partial charge in [-0.25, -0.2) is 0 Å². The van der Waals surface area contributed by atoms with Crippen LogP contribution in [0.5, 0.6) is 0 Å². The van der Waals surface area contributed by atoms with Crippen molar-refractivity contribution in [2.75, 3.05) is 5.32 Å². The van der Waals surface area contributed by atoms with Gasteiger partial charge in [-0.3, -0.25) is 9.78 Å². The van der Waals surface area contributed by atoms with E-state index >= 15 is 0 Å². The maximum absolute atomic E-state index is 12.3. The summed E-state index contributed by atoms with van der Waals surface area (Å²) in [5.74, 6) is -0.236. The van der Waals surface area contributed by atoms with E-state index in [0.717, 1.165) is 16.8 Å². The third-order valence-corrected chi connectivity index (χ3v) is 3.63. The SMILES string of the molecule is Cc1cc(-c2ccc(NC(=O)c3cccc(C#N)c3)cc2)ccn1. The third-order valence-electron chi connectivity index (χ3n) is 3.63. The fourth-order valence-corrected chi connectivity index (χ4v) is 2.40. The molecule has 1 aromatic heterocycles. The lowest BCUT2D eigenvalue weighted by molar-refractivity contribution is 0.102. The number of aromatic nitrogens is 1. The quantitative estimate of drug-likeness (QED) is 0.788. The van der Waals surface area contributed by atoms with E-state index in [1.54, 1.807) is 30.5 Å². The predicted octanol–water partition coefficient (Wildman–Crippen LogP) is 4.18. The van der Waals surface area contributed by atoms with Crippen LogP contribution in [0.2, 0.25) is 0 Å². The zero-order chi connectivity index (χ0) is 16.9. The van der Waals surface area contributed by atoms with Crippen LogP contribution in [-0.4, -0.2) is 10.9 Å². The highest BCUT2D eigenvalue weighted by Gasteiger charge is 2.07. The minimum absolute atomic E-state index is 0.236. The number of nitrogens with zero attached hydrogens (tertiary/aromatic N) is 2. The van der Waals surface area contributed by atoms with Crippen LogP contribution in [0.25, 0.3) is 11.1 Å². The number of aryl methyl sites for hydroxylation is 1. The van der Waals surface area contributed by atoms with Gasteiger partial charge in [0.25, 0.3) is 5.91 Å². The van der Waals surface area contributed by atoms with Crippen molar-refractivity contribution in [1.82, 2.24) is 4.98 Å². The number of hydrogen-bond acceptors (Lipinski definition) is 3. The smallest absolute Gasteiger partial charge is 0.255 e. The van der Waals surface area contributed by atoms with Crippen LogP contribution in [0.4, 0.5) is 5.69 Å². The fourth-order valence-electron chi connectivity index (χ4n) is 2.40. The number of rotatable bonds is 3. The van der Waals surface area contributed by atoms with Gasteiger partial charge in [0.1, 0.15) is 0 Å². The first-order valence-electron chi connectivity index (χ1n) is 7.50. The summed E-state index contributed by atoms with van der Waals surface area (Å²) < 4.78 is 0. The van der Waals surface area contributed by atoms with Gasteiger partial charge in [0.15, 0.2) is 0 Å². The van der Waals surface area contributed by atoms with Crippen LogP contribution in [0.1, 0.15) is 21.6 Å². The molecule has 2 aromatic carbocycles. The van der Waals surface area contributed by atoms with E-state index in [1.807, 2.05) is 49.4 Å². The summed E-state index contributed by atoms with van der Waals surface area (Å²) >= 11 is 0. The van der Waals surface area contributed by atoms with E-state index in [0.29, 0.717) is 16.8 Å². The van der Waals surface area contributed by atoms with Gasteiger partial charge in [0.05, 0.1) is 11.6 Å². The summed E-state index contributed by atoms with van der Waals surface area (Å²) in [6.07, 6.45) is 1.78. The van der Waals surface area contributed by atoms with Gasteiger partial charge in [0.2, 0.25) is 0 Å². The second-order valence-corrected chi connectivity index (χ2v) is 5.41. The number of nitriles is 1. The molecule has 0 unspecified atom stereocenters. The van der Waals surface area contributed by atoms with E-state index in [1.165, 1.54) is 0 Å². The number of pyridine rings is 1. The predicted molar refractivity (Wildman–Crippen MR) is 93.5 cm³/mol. The molecule has 24 heavy (non-hydrogen) atoms. The molecule has 0 saturated carbocycles. The lowest BCUT2D eigenvalue weighted by Crippen LogP contribution is -2.11. The third kappa shape index (κ3) is 3.47. The van der Waals surface area contributed by atoms with Crippen LogP contribution < -0.4 is 5.32 Å². The topological polar surface area (TPSA) is 65.8 Å². The van der Waals surface area contributed by atoms with E-state index in [2.05, 4.69) is 10.3 Å². The van der Waals surface area contributed by atoms with Crippen molar-refractivity contribution in [3.8, 4) is 17.2 Å². The second kappa shape index (κ2) is 6.76. The van der Waals surface area contributed by atoms with Crippen molar-refractivity contribution in [2.24, 2.45) is 0 Å². The Labute approximate surface area is 140 Å². The highest BCUT2D eigenvalue weighted by molar-refractivity contribution is 6.04. The maximum Gasteiger partial charge on any atom is 0.255 e. The molecule has 0 radical (unpaired) electrons. The van der Waals surface area contributed by atoms with Crippen LogP contribution >= 0.6 is 0 Å². The van der Waals surface area contributed by atoms with Crippen LogP contribution in [0.3, 0.4) is 0 Å². The molecule has 0 bridgehead atoms. The molecule has 0 fully saturated rings. The van der Waals surface area contributed by atoms with Gasteiger partial charge in [-0.05, 0) is 60.5 Å². The molecule has 0 aliphatic heterocycles. The summed E-state index contributed by atoms with van der Waals surface area (Å²) in [5, 5.41) is 11.7. The van der Waals surface area contributed by atoms with E-state index in [-0.39, 0.29) is 5.91 Å². The fraction of sp³-hybridized carbons (Fsp3) is 0.0500. The number of carbonyl (C=O) groups excluding carboxylic acids is 1. The molecule has 116 valence electrons. The van der Waals surface area contributed by atoms with Crippen LogP contribution in [0, 0.1) is 18.3 Å². The molecule has 4 nitrogen and oxygen atoms in total. The number of anilines is 1. The van der Waals surface area contributed by atoms with Gasteiger partial charge in [-0.1, -0.05) is 18.2 Å². The van der Waals surface area contributed by atoms with Crippen molar-refractivity contribution < 1.29 is 4.79 Å². The lowest BCUT2D eigenvalue weighted by Gasteiger charge is -2.07. The van der Waals surface area contributed by atoms with Crippen molar-refractivity contribution in [2.45, 2.75) is 6.92 Å². The van der Waals surface area contributed by atoms with Crippen LogP contribution in [-0.2, 0) is 0 Å². The monoisotopic (exact) mass is 313 g/mol. The van der Waals surface area contributed by atoms with Gasteiger partial charge < -0.3 is 5.32 Å². The largest absolute Gasteiger partial charge is 0.322 e. The second-order valence-electron chi connectivity index (χ2n) is 5.41. The zero-order valence-electron chi connectivity index (χ0n) is 13.2. The molecular weight excluding hydrogens is 298 g/mol. The Morgan fingerprint density at radius 1 is 1.04 bits per heavy atom. The van der Waals surface area contributed by atoms with Crippen molar-refractivity contribution in [3.63, 3.8) is 0 Å². The number of benzene rings is 2.